The summed E-state index contributed by atoms with van der Waals surface area (Å²) in [6.45, 7) is 1.12. The van der Waals surface area contributed by atoms with E-state index in [9.17, 15) is 0 Å². The third-order valence-corrected chi connectivity index (χ3v) is 3.70. The molecule has 21 heavy (non-hydrogen) atoms. The number of hydrogen-bond acceptors (Lipinski definition) is 7. The molecule has 0 saturated carbocycles. The lowest BCUT2D eigenvalue weighted by molar-refractivity contribution is 0.312. The van der Waals surface area contributed by atoms with Crippen molar-refractivity contribution in [1.29, 1.82) is 0 Å². The van der Waals surface area contributed by atoms with Crippen LogP contribution in [0.25, 0.3) is 0 Å². The first-order valence-electron chi connectivity index (χ1n) is 7.06. The Morgan fingerprint density at radius 3 is 2.86 bits per heavy atom. The van der Waals surface area contributed by atoms with Crippen LogP contribution in [-0.4, -0.2) is 45.5 Å². The molecule has 3 heterocycles. The van der Waals surface area contributed by atoms with E-state index < -0.39 is 0 Å². The predicted octanol–water partition coefficient (Wildman–Crippen LogP) is 1.82. The SMILES string of the molecule is CNc1cc(Nc2nccc([C@@H]3CCCN3C)n2)ncn1. The van der Waals surface area contributed by atoms with Crippen LogP contribution >= 0.6 is 0 Å². The van der Waals surface area contributed by atoms with Crippen molar-refractivity contribution in [2.45, 2.75) is 18.9 Å². The Morgan fingerprint density at radius 2 is 2.10 bits per heavy atom. The molecule has 1 saturated heterocycles. The second kappa shape index (κ2) is 6.01. The lowest BCUT2D eigenvalue weighted by Gasteiger charge is -2.19. The zero-order valence-electron chi connectivity index (χ0n) is 12.2. The average Bonchev–Trinajstić information content (AvgIpc) is 2.94. The molecule has 0 amide bonds. The summed E-state index contributed by atoms with van der Waals surface area (Å²) in [5, 5.41) is 6.10. The Labute approximate surface area is 123 Å². The highest BCUT2D eigenvalue weighted by Gasteiger charge is 2.23. The fourth-order valence-corrected chi connectivity index (χ4v) is 2.58. The van der Waals surface area contributed by atoms with E-state index in [2.05, 4.69) is 42.5 Å². The van der Waals surface area contributed by atoms with Crippen molar-refractivity contribution in [3.63, 3.8) is 0 Å². The molecule has 0 spiro atoms. The monoisotopic (exact) mass is 285 g/mol. The van der Waals surface area contributed by atoms with Gasteiger partial charge in [0.25, 0.3) is 0 Å². The highest BCUT2D eigenvalue weighted by atomic mass is 15.2. The normalized spacial score (nSPS) is 18.7. The molecule has 7 nitrogen and oxygen atoms in total. The smallest absolute Gasteiger partial charge is 0.228 e. The van der Waals surface area contributed by atoms with E-state index in [-0.39, 0.29) is 0 Å². The molecular formula is C14H19N7. The van der Waals surface area contributed by atoms with Crippen molar-refractivity contribution in [1.82, 2.24) is 24.8 Å². The molecule has 2 aromatic heterocycles. The van der Waals surface area contributed by atoms with E-state index in [4.69, 9.17) is 0 Å². The molecule has 1 atom stereocenters. The van der Waals surface area contributed by atoms with Crippen LogP contribution in [0.5, 0.6) is 0 Å². The van der Waals surface area contributed by atoms with Crippen LogP contribution in [0.3, 0.4) is 0 Å². The number of rotatable bonds is 4. The van der Waals surface area contributed by atoms with Gasteiger partial charge in [0.05, 0.1) is 11.7 Å². The van der Waals surface area contributed by atoms with Crippen molar-refractivity contribution < 1.29 is 0 Å². The van der Waals surface area contributed by atoms with Crippen LogP contribution < -0.4 is 10.6 Å². The number of hydrogen-bond donors (Lipinski definition) is 2. The molecule has 0 aromatic carbocycles. The molecule has 0 unspecified atom stereocenters. The van der Waals surface area contributed by atoms with E-state index in [1.807, 2.05) is 19.2 Å². The van der Waals surface area contributed by atoms with Gasteiger partial charge in [-0.05, 0) is 32.5 Å². The maximum atomic E-state index is 4.61. The summed E-state index contributed by atoms with van der Waals surface area (Å²) in [5.74, 6) is 1.99. The standard InChI is InChI=1S/C14H19N7/c1-15-12-8-13(18-9-17-12)20-14-16-6-5-10(19-14)11-4-3-7-21(11)2/h5-6,8-9,11H,3-4,7H2,1-2H3,(H2,15,16,17,18,19,20)/t11-/m0/s1. The molecule has 0 radical (unpaired) electrons. The average molecular weight is 285 g/mol. The fraction of sp³-hybridized carbons (Fsp3) is 0.429. The molecule has 3 rings (SSSR count). The van der Waals surface area contributed by atoms with Gasteiger partial charge in [-0.2, -0.15) is 0 Å². The van der Waals surface area contributed by atoms with Gasteiger partial charge in [-0.25, -0.2) is 19.9 Å². The van der Waals surface area contributed by atoms with Crippen molar-refractivity contribution in [3.05, 3.63) is 30.4 Å². The first kappa shape index (κ1) is 13.7. The molecule has 1 fully saturated rings. The van der Waals surface area contributed by atoms with Crippen LogP contribution in [0.4, 0.5) is 17.6 Å². The Balaban J connectivity index is 1.79. The predicted molar refractivity (Wildman–Crippen MR) is 81.5 cm³/mol. The zero-order chi connectivity index (χ0) is 14.7. The maximum absolute atomic E-state index is 4.61. The van der Waals surface area contributed by atoms with E-state index in [0.29, 0.717) is 17.8 Å². The highest BCUT2D eigenvalue weighted by Crippen LogP contribution is 2.29. The van der Waals surface area contributed by atoms with Gasteiger partial charge in [-0.3, -0.25) is 4.90 Å². The Kier molecular flexibility index (Phi) is 3.92. The summed E-state index contributed by atoms with van der Waals surface area (Å²) in [7, 11) is 3.95. The molecule has 1 aliphatic rings. The molecule has 7 heteroatoms. The van der Waals surface area contributed by atoms with Crippen LogP contribution in [0.1, 0.15) is 24.6 Å². The van der Waals surface area contributed by atoms with Crippen LogP contribution in [0.2, 0.25) is 0 Å². The summed E-state index contributed by atoms with van der Waals surface area (Å²) in [6.07, 6.45) is 5.65. The maximum Gasteiger partial charge on any atom is 0.228 e. The Morgan fingerprint density at radius 1 is 1.24 bits per heavy atom. The minimum atomic E-state index is 0.381. The summed E-state index contributed by atoms with van der Waals surface area (Å²) >= 11 is 0. The molecular weight excluding hydrogens is 266 g/mol. The van der Waals surface area contributed by atoms with Crippen LogP contribution in [0, 0.1) is 0 Å². The van der Waals surface area contributed by atoms with Gasteiger partial charge in [-0.1, -0.05) is 0 Å². The fourth-order valence-electron chi connectivity index (χ4n) is 2.58. The van der Waals surface area contributed by atoms with Gasteiger partial charge < -0.3 is 10.6 Å². The molecule has 110 valence electrons. The van der Waals surface area contributed by atoms with Gasteiger partial charge in [0.2, 0.25) is 5.95 Å². The van der Waals surface area contributed by atoms with E-state index in [1.165, 1.54) is 12.7 Å². The quantitative estimate of drug-likeness (QED) is 0.887. The Bertz CT molecular complexity index is 616. The molecule has 1 aliphatic heterocycles. The number of anilines is 3. The van der Waals surface area contributed by atoms with Crippen LogP contribution in [-0.2, 0) is 0 Å². The number of nitrogens with zero attached hydrogens (tertiary/aromatic N) is 5. The number of nitrogens with one attached hydrogen (secondary N) is 2. The third-order valence-electron chi connectivity index (χ3n) is 3.70. The molecule has 2 N–H and O–H groups in total. The third kappa shape index (κ3) is 3.08. The van der Waals surface area contributed by atoms with Crippen molar-refractivity contribution >= 4 is 17.6 Å². The van der Waals surface area contributed by atoms with Crippen molar-refractivity contribution in [3.8, 4) is 0 Å². The minimum Gasteiger partial charge on any atom is -0.373 e. The van der Waals surface area contributed by atoms with Crippen molar-refractivity contribution in [2.75, 3.05) is 31.3 Å². The minimum absolute atomic E-state index is 0.381. The van der Waals surface area contributed by atoms with E-state index >= 15 is 0 Å². The van der Waals surface area contributed by atoms with Gasteiger partial charge in [-0.15, -0.1) is 0 Å². The van der Waals surface area contributed by atoms with E-state index in [1.54, 1.807) is 6.20 Å². The van der Waals surface area contributed by atoms with Gasteiger partial charge in [0.15, 0.2) is 0 Å². The molecule has 2 aromatic rings. The van der Waals surface area contributed by atoms with E-state index in [0.717, 1.165) is 24.5 Å². The van der Waals surface area contributed by atoms with Gasteiger partial charge in [0, 0.05) is 19.3 Å². The second-order valence-electron chi connectivity index (χ2n) is 5.11. The summed E-state index contributed by atoms with van der Waals surface area (Å²) < 4.78 is 0. The largest absolute Gasteiger partial charge is 0.373 e. The molecule has 0 aliphatic carbocycles. The van der Waals surface area contributed by atoms with Crippen LogP contribution in [0.15, 0.2) is 24.7 Å². The topological polar surface area (TPSA) is 78.9 Å². The van der Waals surface area contributed by atoms with Crippen molar-refractivity contribution in [2.24, 2.45) is 0 Å². The van der Waals surface area contributed by atoms with Gasteiger partial charge in [0.1, 0.15) is 18.0 Å². The number of likely N-dealkylation sites (tertiary alicyclic amines) is 1. The van der Waals surface area contributed by atoms with Gasteiger partial charge >= 0.3 is 0 Å². The lowest BCUT2D eigenvalue weighted by atomic mass is 10.1. The summed E-state index contributed by atoms with van der Waals surface area (Å²) in [4.78, 5) is 19.5. The lowest BCUT2D eigenvalue weighted by Crippen LogP contribution is -2.19. The Hall–Kier alpha value is -2.28. The first-order chi connectivity index (χ1) is 10.3. The summed E-state index contributed by atoms with van der Waals surface area (Å²) in [5.41, 5.74) is 1.05. The highest BCUT2D eigenvalue weighted by molar-refractivity contribution is 5.52. The summed E-state index contributed by atoms with van der Waals surface area (Å²) in [6, 6.07) is 4.18. The zero-order valence-corrected chi connectivity index (χ0v) is 12.2. The second-order valence-corrected chi connectivity index (χ2v) is 5.11. The first-order valence-corrected chi connectivity index (χ1v) is 7.06. The molecule has 0 bridgehead atoms. The number of aromatic nitrogens is 4.